The van der Waals surface area contributed by atoms with Crippen LogP contribution in [-0.2, 0) is 10.0 Å². The average molecular weight is 296 g/mol. The van der Waals surface area contributed by atoms with Crippen LogP contribution in [0, 0.1) is 0 Å². The molecule has 0 heterocycles. The fourth-order valence-corrected chi connectivity index (χ4v) is 2.72. The van der Waals surface area contributed by atoms with Gasteiger partial charge in [0, 0.05) is 17.3 Å². The van der Waals surface area contributed by atoms with Crippen LogP contribution < -0.4 is 4.72 Å². The molecule has 0 rings (SSSR count). The van der Waals surface area contributed by atoms with Crippen LogP contribution in [0.5, 0.6) is 0 Å². The molecule has 104 valence electrons. The molecule has 1 atom stereocenters. The molecule has 1 N–H and O–H groups in total. The molecule has 0 spiro atoms. The van der Waals surface area contributed by atoms with E-state index < -0.39 is 45.7 Å². The molecule has 0 aromatic rings. The molecule has 0 amide bonds. The van der Waals surface area contributed by atoms with Crippen molar-refractivity contribution in [1.29, 1.82) is 0 Å². The summed E-state index contributed by atoms with van der Waals surface area (Å²) in [6.45, 7) is 4.76. The Morgan fingerprint density at radius 1 is 1.29 bits per heavy atom. The van der Waals surface area contributed by atoms with Gasteiger partial charge in [0.15, 0.2) is 0 Å². The molecule has 17 heavy (non-hydrogen) atoms. The van der Waals surface area contributed by atoms with Gasteiger partial charge < -0.3 is 0 Å². The monoisotopic (exact) mass is 295 g/mol. The van der Waals surface area contributed by atoms with Crippen LogP contribution in [0.15, 0.2) is 0 Å². The maximum atomic E-state index is 11.9. The van der Waals surface area contributed by atoms with Crippen molar-refractivity contribution in [2.75, 3.05) is 5.75 Å². The van der Waals surface area contributed by atoms with Crippen LogP contribution in [0.1, 0.15) is 33.6 Å². The van der Waals surface area contributed by atoms with Crippen LogP contribution >= 0.6 is 11.6 Å². The molecule has 8 heteroatoms. The second-order valence-electron chi connectivity index (χ2n) is 4.48. The summed E-state index contributed by atoms with van der Waals surface area (Å²) in [5.41, 5.74) is -0.890. The van der Waals surface area contributed by atoms with Crippen molar-refractivity contribution in [3.05, 3.63) is 0 Å². The van der Waals surface area contributed by atoms with E-state index in [1.807, 2.05) is 0 Å². The maximum absolute atomic E-state index is 11.9. The minimum absolute atomic E-state index is 0.453. The zero-order valence-corrected chi connectivity index (χ0v) is 11.5. The van der Waals surface area contributed by atoms with Crippen LogP contribution in [0.3, 0.4) is 0 Å². The number of sulfonamides is 1. The predicted octanol–water partition coefficient (Wildman–Crippen LogP) is 2.65. The van der Waals surface area contributed by atoms with Crippen LogP contribution in [-0.4, -0.2) is 31.3 Å². The summed E-state index contributed by atoms with van der Waals surface area (Å²) < 4.78 is 60.9. The molecule has 0 aromatic carbocycles. The Balaban J connectivity index is 4.33. The average Bonchev–Trinajstić information content (AvgIpc) is 1.97. The van der Waals surface area contributed by atoms with Crippen LogP contribution in [0.2, 0.25) is 0 Å². The third kappa shape index (κ3) is 7.83. The van der Waals surface area contributed by atoms with Gasteiger partial charge in [0.25, 0.3) is 0 Å². The van der Waals surface area contributed by atoms with E-state index in [-0.39, 0.29) is 0 Å². The highest BCUT2D eigenvalue weighted by Crippen LogP contribution is 2.22. The molecular formula is C9H17ClF3NO2S. The lowest BCUT2D eigenvalue weighted by Gasteiger charge is -2.28. The van der Waals surface area contributed by atoms with Gasteiger partial charge >= 0.3 is 6.18 Å². The molecule has 0 aliphatic rings. The lowest BCUT2D eigenvalue weighted by Crippen LogP contribution is -2.49. The van der Waals surface area contributed by atoms with E-state index in [1.165, 1.54) is 0 Å². The topological polar surface area (TPSA) is 46.2 Å². The second-order valence-corrected chi connectivity index (χ2v) is 6.97. The highest BCUT2D eigenvalue weighted by atomic mass is 35.5. The Kier molecular flexibility index (Phi) is 5.75. The molecule has 0 radical (unpaired) electrons. The molecule has 1 unspecified atom stereocenters. The first-order chi connectivity index (χ1) is 7.36. The van der Waals surface area contributed by atoms with E-state index in [4.69, 9.17) is 11.6 Å². The zero-order valence-electron chi connectivity index (χ0n) is 9.94. The van der Waals surface area contributed by atoms with Crippen LogP contribution in [0.4, 0.5) is 13.2 Å². The summed E-state index contributed by atoms with van der Waals surface area (Å²) in [5, 5.41) is -0.472. The molecule has 0 saturated carbocycles. The first kappa shape index (κ1) is 17.0. The summed E-state index contributed by atoms with van der Waals surface area (Å²) >= 11 is 5.78. The van der Waals surface area contributed by atoms with Gasteiger partial charge in [-0.2, -0.15) is 13.2 Å². The second kappa shape index (κ2) is 5.75. The first-order valence-electron chi connectivity index (χ1n) is 5.08. The molecule has 0 aliphatic carbocycles. The fraction of sp³-hybridized carbons (Fsp3) is 1.00. The Morgan fingerprint density at radius 2 is 1.76 bits per heavy atom. The molecule has 0 fully saturated rings. The lowest BCUT2D eigenvalue weighted by molar-refractivity contribution is -0.134. The van der Waals surface area contributed by atoms with E-state index in [2.05, 4.69) is 4.72 Å². The van der Waals surface area contributed by atoms with E-state index in [9.17, 15) is 21.6 Å². The number of nitrogens with one attached hydrogen (secondary N) is 1. The normalized spacial score (nSPS) is 15.9. The highest BCUT2D eigenvalue weighted by Gasteiger charge is 2.31. The van der Waals surface area contributed by atoms with Gasteiger partial charge in [0.05, 0.1) is 5.75 Å². The van der Waals surface area contributed by atoms with E-state index in [1.54, 1.807) is 20.8 Å². The smallest absolute Gasteiger partial charge is 0.212 e. The predicted molar refractivity (Wildman–Crippen MR) is 61.6 cm³/mol. The van der Waals surface area contributed by atoms with Gasteiger partial charge in [-0.1, -0.05) is 0 Å². The van der Waals surface area contributed by atoms with Gasteiger partial charge in [0.1, 0.15) is 0 Å². The summed E-state index contributed by atoms with van der Waals surface area (Å²) in [4.78, 5) is 0. The fourth-order valence-electron chi connectivity index (χ4n) is 0.996. The quantitative estimate of drug-likeness (QED) is 0.766. The number of hydrogen-bond acceptors (Lipinski definition) is 2. The third-order valence-corrected chi connectivity index (χ3v) is 4.50. The molecule has 0 bridgehead atoms. The standard InChI is InChI=1S/C9H17ClF3NO2S/c1-7(10)8(2,3)14-17(15,16)6-4-5-9(11,12)13/h7,14H,4-6H2,1-3H3. The maximum Gasteiger partial charge on any atom is 0.389 e. The Hall–Kier alpha value is -0.0100. The molecule has 0 aromatic heterocycles. The Morgan fingerprint density at radius 3 is 2.12 bits per heavy atom. The molecule has 0 saturated heterocycles. The number of hydrogen-bond donors (Lipinski definition) is 1. The van der Waals surface area contributed by atoms with E-state index in [0.717, 1.165) is 0 Å². The van der Waals surface area contributed by atoms with Crippen LogP contribution in [0.25, 0.3) is 0 Å². The van der Waals surface area contributed by atoms with Crippen molar-refractivity contribution in [3.8, 4) is 0 Å². The summed E-state index contributed by atoms with van der Waals surface area (Å²) in [7, 11) is -3.74. The SMILES string of the molecule is CC(Cl)C(C)(C)NS(=O)(=O)CCCC(F)(F)F. The van der Waals surface area contributed by atoms with Crippen molar-refractivity contribution >= 4 is 21.6 Å². The van der Waals surface area contributed by atoms with Crippen molar-refractivity contribution in [3.63, 3.8) is 0 Å². The van der Waals surface area contributed by atoms with Gasteiger partial charge in [-0.05, 0) is 27.2 Å². The highest BCUT2D eigenvalue weighted by molar-refractivity contribution is 7.89. The van der Waals surface area contributed by atoms with Crippen molar-refractivity contribution in [2.45, 2.75) is 50.7 Å². The summed E-state index contributed by atoms with van der Waals surface area (Å²) in [6, 6.07) is 0. The van der Waals surface area contributed by atoms with Gasteiger partial charge in [-0.3, -0.25) is 0 Å². The van der Waals surface area contributed by atoms with E-state index in [0.29, 0.717) is 0 Å². The van der Waals surface area contributed by atoms with Crippen molar-refractivity contribution < 1.29 is 21.6 Å². The van der Waals surface area contributed by atoms with Gasteiger partial charge in [0.2, 0.25) is 10.0 Å². The van der Waals surface area contributed by atoms with Crippen molar-refractivity contribution in [1.82, 2.24) is 4.72 Å². The van der Waals surface area contributed by atoms with Crippen molar-refractivity contribution in [2.24, 2.45) is 0 Å². The zero-order chi connectivity index (χ0) is 13.9. The molecular weight excluding hydrogens is 279 g/mol. The molecule has 0 aliphatic heterocycles. The minimum Gasteiger partial charge on any atom is -0.212 e. The Labute approximate surface area is 105 Å². The van der Waals surface area contributed by atoms with Gasteiger partial charge in [-0.25, -0.2) is 13.1 Å². The summed E-state index contributed by atoms with van der Waals surface area (Å²) in [6.07, 6.45) is -5.89. The minimum atomic E-state index is -4.33. The Bertz CT molecular complexity index is 339. The first-order valence-corrected chi connectivity index (χ1v) is 7.17. The number of rotatable bonds is 6. The number of halogens is 4. The lowest BCUT2D eigenvalue weighted by atomic mass is 10.0. The molecule has 3 nitrogen and oxygen atoms in total. The third-order valence-electron chi connectivity index (χ3n) is 2.29. The summed E-state index contributed by atoms with van der Waals surface area (Å²) in [5.74, 6) is -0.556. The number of alkyl halides is 4. The largest absolute Gasteiger partial charge is 0.389 e. The van der Waals surface area contributed by atoms with Gasteiger partial charge in [-0.15, -0.1) is 11.6 Å². The van der Waals surface area contributed by atoms with E-state index >= 15 is 0 Å².